The van der Waals surface area contributed by atoms with Crippen molar-refractivity contribution in [2.45, 2.75) is 13.5 Å². The topological polar surface area (TPSA) is 85.5 Å². The van der Waals surface area contributed by atoms with Crippen LogP contribution in [0, 0.1) is 6.92 Å². The summed E-state index contributed by atoms with van der Waals surface area (Å²) < 4.78 is 11.1. The molecule has 122 valence electrons. The number of ether oxygens (including phenoxy) is 1. The molecule has 0 aliphatic carbocycles. The number of phenols is 1. The van der Waals surface area contributed by atoms with Gasteiger partial charge in [0.25, 0.3) is 5.89 Å². The molecule has 2 aromatic carbocycles. The van der Waals surface area contributed by atoms with Gasteiger partial charge in [-0.3, -0.25) is 0 Å². The number of esters is 1. The maximum absolute atomic E-state index is 12.0. The minimum atomic E-state index is -0.654. The third-order valence-corrected chi connectivity index (χ3v) is 3.83. The van der Waals surface area contributed by atoms with Crippen LogP contribution in [0.3, 0.4) is 0 Å². The molecule has 0 bridgehead atoms. The van der Waals surface area contributed by atoms with Gasteiger partial charge in [0.05, 0.1) is 0 Å². The summed E-state index contributed by atoms with van der Waals surface area (Å²) in [5.41, 5.74) is 1.47. The van der Waals surface area contributed by atoms with Crippen LogP contribution in [-0.2, 0) is 11.3 Å². The van der Waals surface area contributed by atoms with Crippen LogP contribution in [0.2, 0.25) is 0 Å². The second-order valence-electron chi connectivity index (χ2n) is 5.07. The Labute approximate surface area is 146 Å². The number of hydrogen-bond acceptors (Lipinski definition) is 6. The van der Waals surface area contributed by atoms with Crippen molar-refractivity contribution in [2.75, 3.05) is 0 Å². The van der Waals surface area contributed by atoms with Crippen molar-refractivity contribution in [3.8, 4) is 17.1 Å². The number of benzene rings is 2. The maximum atomic E-state index is 12.0. The molecule has 0 spiro atoms. The lowest BCUT2D eigenvalue weighted by molar-refractivity contribution is 0.0426. The van der Waals surface area contributed by atoms with E-state index in [2.05, 4.69) is 26.1 Å². The van der Waals surface area contributed by atoms with Gasteiger partial charge in [-0.25, -0.2) is 4.79 Å². The number of halogens is 1. The number of carbonyl (C=O) groups is 1. The molecule has 0 radical (unpaired) electrons. The predicted octanol–water partition coefficient (Wildman–Crippen LogP) is 3.87. The van der Waals surface area contributed by atoms with E-state index in [1.807, 2.05) is 24.3 Å². The fraction of sp³-hybridized carbons (Fsp3) is 0.118. The molecule has 0 amide bonds. The van der Waals surface area contributed by atoms with Crippen molar-refractivity contribution in [3.63, 3.8) is 0 Å². The molecule has 24 heavy (non-hydrogen) atoms. The third-order valence-electron chi connectivity index (χ3n) is 3.34. The number of nitrogens with zero attached hydrogens (tertiary/aromatic N) is 2. The molecule has 0 aliphatic rings. The second-order valence-corrected chi connectivity index (χ2v) is 5.98. The summed E-state index contributed by atoms with van der Waals surface area (Å²) in [4.78, 5) is 16.2. The smallest absolute Gasteiger partial charge is 0.342 e. The van der Waals surface area contributed by atoms with E-state index in [-0.39, 0.29) is 23.8 Å². The van der Waals surface area contributed by atoms with Crippen LogP contribution in [0.4, 0.5) is 0 Å². The Bertz CT molecular complexity index is 892. The van der Waals surface area contributed by atoms with Crippen LogP contribution < -0.4 is 0 Å². The summed E-state index contributed by atoms with van der Waals surface area (Å²) >= 11 is 3.38. The van der Waals surface area contributed by atoms with E-state index in [1.165, 1.54) is 6.07 Å². The van der Waals surface area contributed by atoms with Gasteiger partial charge >= 0.3 is 5.97 Å². The lowest BCUT2D eigenvalue weighted by atomic mass is 10.1. The van der Waals surface area contributed by atoms with Gasteiger partial charge in [0, 0.05) is 10.0 Å². The number of aromatic nitrogens is 2. The van der Waals surface area contributed by atoms with Crippen molar-refractivity contribution >= 4 is 21.9 Å². The Morgan fingerprint density at radius 2 is 2.08 bits per heavy atom. The lowest BCUT2D eigenvalue weighted by Crippen LogP contribution is -2.06. The minimum absolute atomic E-state index is 0.0946. The summed E-state index contributed by atoms with van der Waals surface area (Å²) in [6.07, 6.45) is 0. The minimum Gasteiger partial charge on any atom is -0.507 e. The van der Waals surface area contributed by atoms with E-state index in [0.29, 0.717) is 11.4 Å². The Morgan fingerprint density at radius 1 is 1.29 bits per heavy atom. The summed E-state index contributed by atoms with van der Waals surface area (Å²) in [5, 5.41) is 13.7. The molecule has 1 N–H and O–H groups in total. The van der Waals surface area contributed by atoms with Crippen molar-refractivity contribution in [1.82, 2.24) is 10.1 Å². The van der Waals surface area contributed by atoms with Gasteiger partial charge in [-0.15, -0.1) is 0 Å². The zero-order chi connectivity index (χ0) is 17.1. The molecule has 0 unspecified atom stereocenters. The van der Waals surface area contributed by atoms with Gasteiger partial charge in [0.1, 0.15) is 11.3 Å². The monoisotopic (exact) mass is 388 g/mol. The Morgan fingerprint density at radius 3 is 2.88 bits per heavy atom. The molecule has 0 fully saturated rings. The first kappa shape index (κ1) is 16.2. The lowest BCUT2D eigenvalue weighted by Gasteiger charge is -2.05. The molecule has 0 saturated carbocycles. The zero-order valence-corrected chi connectivity index (χ0v) is 14.3. The quantitative estimate of drug-likeness (QED) is 0.682. The van der Waals surface area contributed by atoms with E-state index in [9.17, 15) is 9.90 Å². The van der Waals surface area contributed by atoms with Gasteiger partial charge in [-0.2, -0.15) is 4.98 Å². The molecule has 3 rings (SSSR count). The average molecular weight is 389 g/mol. The Balaban J connectivity index is 1.69. The van der Waals surface area contributed by atoms with Gasteiger partial charge in [-0.1, -0.05) is 45.4 Å². The highest BCUT2D eigenvalue weighted by atomic mass is 79.9. The van der Waals surface area contributed by atoms with Crippen LogP contribution >= 0.6 is 15.9 Å². The first-order chi connectivity index (χ1) is 11.5. The summed E-state index contributed by atoms with van der Waals surface area (Å²) in [6.45, 7) is 1.53. The highest BCUT2D eigenvalue weighted by molar-refractivity contribution is 9.10. The van der Waals surface area contributed by atoms with Crippen LogP contribution in [0.1, 0.15) is 21.8 Å². The molecule has 0 aliphatic heterocycles. The van der Waals surface area contributed by atoms with Gasteiger partial charge in [0.2, 0.25) is 5.82 Å². The number of rotatable bonds is 4. The molecule has 0 atom stereocenters. The number of phenolic OH excluding ortho intramolecular Hbond substituents is 1. The van der Waals surface area contributed by atoms with Crippen LogP contribution in [0.25, 0.3) is 11.4 Å². The Hall–Kier alpha value is -2.67. The fourth-order valence-electron chi connectivity index (χ4n) is 2.09. The van der Waals surface area contributed by atoms with Gasteiger partial charge in [0.15, 0.2) is 6.61 Å². The first-order valence-corrected chi connectivity index (χ1v) is 7.88. The van der Waals surface area contributed by atoms with Crippen molar-refractivity contribution in [1.29, 1.82) is 0 Å². The van der Waals surface area contributed by atoms with Crippen molar-refractivity contribution < 1.29 is 19.2 Å². The third kappa shape index (κ3) is 3.46. The van der Waals surface area contributed by atoms with E-state index < -0.39 is 5.97 Å². The van der Waals surface area contributed by atoms with Crippen LogP contribution in [0.15, 0.2) is 51.5 Å². The summed E-state index contributed by atoms with van der Waals surface area (Å²) in [7, 11) is 0. The van der Waals surface area contributed by atoms with E-state index in [4.69, 9.17) is 9.26 Å². The predicted molar refractivity (Wildman–Crippen MR) is 89.4 cm³/mol. The molecule has 3 aromatic rings. The summed E-state index contributed by atoms with van der Waals surface area (Å²) in [6, 6.07) is 12.3. The largest absolute Gasteiger partial charge is 0.507 e. The number of carbonyl (C=O) groups excluding carboxylic acids is 1. The molecular formula is C17H13BrN2O4. The number of para-hydroxylation sites is 1. The Kier molecular flexibility index (Phi) is 4.61. The molecule has 1 heterocycles. The van der Waals surface area contributed by atoms with E-state index in [0.717, 1.165) is 10.0 Å². The van der Waals surface area contributed by atoms with E-state index in [1.54, 1.807) is 19.1 Å². The fourth-order valence-corrected chi connectivity index (χ4v) is 2.49. The zero-order valence-electron chi connectivity index (χ0n) is 12.7. The maximum Gasteiger partial charge on any atom is 0.342 e. The second kappa shape index (κ2) is 6.84. The first-order valence-electron chi connectivity index (χ1n) is 7.09. The van der Waals surface area contributed by atoms with Gasteiger partial charge < -0.3 is 14.4 Å². The highest BCUT2D eigenvalue weighted by Gasteiger charge is 2.16. The molecule has 0 saturated heterocycles. The molecule has 6 nitrogen and oxygen atoms in total. The molecule has 7 heteroatoms. The van der Waals surface area contributed by atoms with Crippen LogP contribution in [0.5, 0.6) is 5.75 Å². The number of hydrogen-bond donors (Lipinski definition) is 1. The van der Waals surface area contributed by atoms with Crippen LogP contribution in [-0.4, -0.2) is 21.2 Å². The van der Waals surface area contributed by atoms with E-state index >= 15 is 0 Å². The highest BCUT2D eigenvalue weighted by Crippen LogP contribution is 2.23. The summed E-state index contributed by atoms with van der Waals surface area (Å²) in [5.74, 6) is -0.174. The molecule has 1 aromatic heterocycles. The standard InChI is InChI=1S/C17H13BrN2O4/c1-10-4-2-7-13(15(10)21)17(22)23-9-14-19-16(20-24-14)11-5-3-6-12(18)8-11/h2-8,21H,9H2,1H3. The normalized spacial score (nSPS) is 10.6. The molecular weight excluding hydrogens is 376 g/mol. The number of aryl methyl sites for hydroxylation is 1. The SMILES string of the molecule is Cc1cccc(C(=O)OCc2nc(-c3cccc(Br)c3)no2)c1O. The number of aromatic hydroxyl groups is 1. The van der Waals surface area contributed by atoms with Crippen molar-refractivity contribution in [3.05, 3.63) is 64.0 Å². The van der Waals surface area contributed by atoms with Gasteiger partial charge in [-0.05, 0) is 30.7 Å². The average Bonchev–Trinajstić information content (AvgIpc) is 3.04. The van der Waals surface area contributed by atoms with Crippen molar-refractivity contribution in [2.24, 2.45) is 0 Å².